The lowest BCUT2D eigenvalue weighted by molar-refractivity contribution is -0.116. The van der Waals surface area contributed by atoms with Crippen LogP contribution in [0.5, 0.6) is 0 Å². The summed E-state index contributed by atoms with van der Waals surface area (Å²) >= 11 is 0. The minimum Gasteiger partial charge on any atom is -0.355 e. The lowest BCUT2D eigenvalue weighted by Gasteiger charge is -2.23. The predicted molar refractivity (Wildman–Crippen MR) is 85.1 cm³/mol. The first kappa shape index (κ1) is 17.2. The second-order valence-corrected chi connectivity index (χ2v) is 5.91. The van der Waals surface area contributed by atoms with Gasteiger partial charge in [-0.1, -0.05) is 19.9 Å². The fourth-order valence-corrected chi connectivity index (χ4v) is 2.07. The van der Waals surface area contributed by atoms with Gasteiger partial charge in [-0.3, -0.25) is 9.59 Å². The van der Waals surface area contributed by atoms with Crippen molar-refractivity contribution >= 4 is 17.5 Å². The highest BCUT2D eigenvalue weighted by Crippen LogP contribution is 2.26. The number of hydrogen-bond donors (Lipinski definition) is 3. The van der Waals surface area contributed by atoms with Crippen molar-refractivity contribution in [2.24, 2.45) is 11.1 Å². The van der Waals surface area contributed by atoms with Crippen LogP contribution in [0.25, 0.3) is 0 Å². The average Bonchev–Trinajstić information content (AvgIpc) is 2.45. The zero-order valence-electron chi connectivity index (χ0n) is 13.0. The predicted octanol–water partition coefficient (Wildman–Crippen LogP) is 2.14. The van der Waals surface area contributed by atoms with Gasteiger partial charge >= 0.3 is 0 Å². The number of hydrogen-bond acceptors (Lipinski definition) is 3. The Kier molecular flexibility index (Phi) is 6.37. The first-order valence-electron chi connectivity index (χ1n) is 7.20. The Morgan fingerprint density at radius 1 is 1.24 bits per heavy atom. The van der Waals surface area contributed by atoms with Gasteiger partial charge in [-0.2, -0.15) is 0 Å². The summed E-state index contributed by atoms with van der Waals surface area (Å²) in [5, 5.41) is 5.38. The van der Waals surface area contributed by atoms with E-state index >= 15 is 0 Å². The molecule has 0 heterocycles. The standard InChI is InChI=1S/C16H25N3O2/c1-16(2,9-10-17)8-7-14(20)19-13-6-4-5-12(11-13)15(21)18-3/h4-6,11H,7-10,17H2,1-3H3,(H,18,21)(H,19,20). The number of nitrogens with one attached hydrogen (secondary N) is 2. The van der Waals surface area contributed by atoms with E-state index in [1.54, 1.807) is 31.3 Å². The molecule has 0 aliphatic rings. The molecule has 0 aliphatic heterocycles. The van der Waals surface area contributed by atoms with E-state index < -0.39 is 0 Å². The summed E-state index contributed by atoms with van der Waals surface area (Å²) in [6.45, 7) is 4.85. The van der Waals surface area contributed by atoms with E-state index in [0.717, 1.165) is 12.8 Å². The molecule has 0 radical (unpaired) electrons. The van der Waals surface area contributed by atoms with Crippen LogP contribution in [-0.2, 0) is 4.79 Å². The molecule has 0 fully saturated rings. The normalized spacial score (nSPS) is 11.0. The molecule has 1 rings (SSSR count). The first-order valence-corrected chi connectivity index (χ1v) is 7.20. The van der Waals surface area contributed by atoms with E-state index in [-0.39, 0.29) is 17.2 Å². The quantitative estimate of drug-likeness (QED) is 0.719. The molecule has 0 spiro atoms. The highest BCUT2D eigenvalue weighted by atomic mass is 16.2. The van der Waals surface area contributed by atoms with Crippen LogP contribution in [0.2, 0.25) is 0 Å². The number of anilines is 1. The monoisotopic (exact) mass is 291 g/mol. The molecule has 5 heteroatoms. The van der Waals surface area contributed by atoms with Crippen molar-refractivity contribution in [3.63, 3.8) is 0 Å². The van der Waals surface area contributed by atoms with Crippen molar-refractivity contribution in [1.82, 2.24) is 5.32 Å². The maximum Gasteiger partial charge on any atom is 0.251 e. The van der Waals surface area contributed by atoms with E-state index in [9.17, 15) is 9.59 Å². The van der Waals surface area contributed by atoms with Crippen LogP contribution in [0.3, 0.4) is 0 Å². The topological polar surface area (TPSA) is 84.2 Å². The maximum atomic E-state index is 12.0. The Morgan fingerprint density at radius 3 is 2.57 bits per heavy atom. The Labute approximate surface area is 126 Å². The van der Waals surface area contributed by atoms with Crippen molar-refractivity contribution in [2.75, 3.05) is 18.9 Å². The van der Waals surface area contributed by atoms with Crippen molar-refractivity contribution in [3.05, 3.63) is 29.8 Å². The molecule has 5 nitrogen and oxygen atoms in total. The molecule has 0 aliphatic carbocycles. The SMILES string of the molecule is CNC(=O)c1cccc(NC(=O)CCC(C)(C)CCN)c1. The van der Waals surface area contributed by atoms with Gasteiger partial charge < -0.3 is 16.4 Å². The van der Waals surface area contributed by atoms with Crippen LogP contribution >= 0.6 is 0 Å². The van der Waals surface area contributed by atoms with Gasteiger partial charge in [0.25, 0.3) is 5.91 Å². The third kappa shape index (κ3) is 5.95. The summed E-state index contributed by atoms with van der Waals surface area (Å²) in [7, 11) is 1.58. The van der Waals surface area contributed by atoms with E-state index in [1.807, 2.05) is 0 Å². The third-order valence-electron chi connectivity index (χ3n) is 3.49. The molecular weight excluding hydrogens is 266 g/mol. The van der Waals surface area contributed by atoms with Gasteiger partial charge in [0.2, 0.25) is 5.91 Å². The van der Waals surface area contributed by atoms with Gasteiger partial charge in [0.1, 0.15) is 0 Å². The second-order valence-electron chi connectivity index (χ2n) is 5.91. The summed E-state index contributed by atoms with van der Waals surface area (Å²) in [6, 6.07) is 6.90. The Balaban J connectivity index is 2.57. The molecule has 0 bridgehead atoms. The number of nitrogens with two attached hydrogens (primary N) is 1. The molecule has 116 valence electrons. The van der Waals surface area contributed by atoms with Crippen LogP contribution < -0.4 is 16.4 Å². The zero-order valence-corrected chi connectivity index (χ0v) is 13.0. The molecule has 0 saturated heterocycles. The third-order valence-corrected chi connectivity index (χ3v) is 3.49. The number of rotatable bonds is 7. The lowest BCUT2D eigenvalue weighted by Crippen LogP contribution is -2.21. The Morgan fingerprint density at radius 2 is 1.95 bits per heavy atom. The van der Waals surface area contributed by atoms with E-state index in [4.69, 9.17) is 5.73 Å². The van der Waals surface area contributed by atoms with Crippen molar-refractivity contribution in [2.45, 2.75) is 33.1 Å². The molecule has 0 saturated carbocycles. The first-order chi connectivity index (χ1) is 9.88. The second kappa shape index (κ2) is 7.78. The van der Waals surface area contributed by atoms with Gasteiger partial charge in [0.05, 0.1) is 0 Å². The number of benzene rings is 1. The lowest BCUT2D eigenvalue weighted by atomic mass is 9.84. The van der Waals surface area contributed by atoms with Crippen LogP contribution in [0.4, 0.5) is 5.69 Å². The highest BCUT2D eigenvalue weighted by molar-refractivity contribution is 5.97. The maximum absolute atomic E-state index is 12.0. The van der Waals surface area contributed by atoms with Crippen molar-refractivity contribution in [1.29, 1.82) is 0 Å². The zero-order chi connectivity index (χ0) is 15.9. The number of carbonyl (C=O) groups excluding carboxylic acids is 2. The molecule has 0 unspecified atom stereocenters. The fourth-order valence-electron chi connectivity index (χ4n) is 2.07. The molecular formula is C16H25N3O2. The molecule has 0 aromatic heterocycles. The van der Waals surface area contributed by atoms with Crippen LogP contribution in [0.1, 0.15) is 43.5 Å². The summed E-state index contributed by atoms with van der Waals surface area (Å²) < 4.78 is 0. The Hall–Kier alpha value is -1.88. The molecule has 1 aromatic rings. The van der Waals surface area contributed by atoms with Crippen LogP contribution in [0.15, 0.2) is 24.3 Å². The summed E-state index contributed by atoms with van der Waals surface area (Å²) in [5.74, 6) is -0.218. The molecule has 21 heavy (non-hydrogen) atoms. The van der Waals surface area contributed by atoms with E-state index in [1.165, 1.54) is 0 Å². The van der Waals surface area contributed by atoms with Gasteiger partial charge in [-0.15, -0.1) is 0 Å². The Bertz CT molecular complexity index is 498. The van der Waals surface area contributed by atoms with Crippen molar-refractivity contribution in [3.8, 4) is 0 Å². The largest absolute Gasteiger partial charge is 0.355 e. The van der Waals surface area contributed by atoms with Gasteiger partial charge in [0, 0.05) is 24.7 Å². The van der Waals surface area contributed by atoms with Gasteiger partial charge in [-0.05, 0) is 43.0 Å². The fraction of sp³-hybridized carbons (Fsp3) is 0.500. The minimum absolute atomic E-state index is 0.0471. The molecule has 0 atom stereocenters. The van der Waals surface area contributed by atoms with Crippen LogP contribution in [-0.4, -0.2) is 25.4 Å². The van der Waals surface area contributed by atoms with E-state index in [0.29, 0.717) is 24.2 Å². The van der Waals surface area contributed by atoms with E-state index in [2.05, 4.69) is 24.5 Å². The van der Waals surface area contributed by atoms with Crippen molar-refractivity contribution < 1.29 is 9.59 Å². The smallest absolute Gasteiger partial charge is 0.251 e. The summed E-state index contributed by atoms with van der Waals surface area (Å²) in [5.41, 5.74) is 6.79. The van der Waals surface area contributed by atoms with Gasteiger partial charge in [0.15, 0.2) is 0 Å². The highest BCUT2D eigenvalue weighted by Gasteiger charge is 2.18. The minimum atomic E-state index is -0.171. The average molecular weight is 291 g/mol. The summed E-state index contributed by atoms with van der Waals surface area (Å²) in [4.78, 5) is 23.5. The molecule has 2 amide bonds. The number of carbonyl (C=O) groups is 2. The van der Waals surface area contributed by atoms with Crippen LogP contribution in [0, 0.1) is 5.41 Å². The number of amides is 2. The molecule has 1 aromatic carbocycles. The summed E-state index contributed by atoms with van der Waals surface area (Å²) in [6.07, 6.45) is 2.12. The molecule has 4 N–H and O–H groups in total. The van der Waals surface area contributed by atoms with Gasteiger partial charge in [-0.25, -0.2) is 0 Å².